The van der Waals surface area contributed by atoms with Crippen molar-refractivity contribution in [3.8, 4) is 0 Å². The Labute approximate surface area is 103 Å². The molecule has 1 saturated heterocycles. The zero-order valence-corrected chi connectivity index (χ0v) is 10.4. The number of furan rings is 1. The first-order chi connectivity index (χ1) is 8.43. The van der Waals surface area contributed by atoms with Gasteiger partial charge in [-0.15, -0.1) is 0 Å². The molecule has 1 unspecified atom stereocenters. The molecule has 2 aliphatic rings. The van der Waals surface area contributed by atoms with Crippen LogP contribution in [0.1, 0.15) is 43.9 Å². The average molecular weight is 234 g/mol. The van der Waals surface area contributed by atoms with E-state index in [0.717, 1.165) is 18.3 Å². The van der Waals surface area contributed by atoms with Crippen LogP contribution in [-0.2, 0) is 0 Å². The second kappa shape index (κ2) is 5.23. The topological polar surface area (TPSA) is 28.4 Å². The molecule has 0 spiro atoms. The summed E-state index contributed by atoms with van der Waals surface area (Å²) in [4.78, 5) is 2.56. The van der Waals surface area contributed by atoms with Crippen molar-refractivity contribution >= 4 is 0 Å². The molecule has 94 valence electrons. The molecule has 1 aliphatic heterocycles. The molecule has 2 heterocycles. The van der Waals surface area contributed by atoms with E-state index in [2.05, 4.69) is 16.3 Å². The summed E-state index contributed by atoms with van der Waals surface area (Å²) in [5.74, 6) is 1.12. The van der Waals surface area contributed by atoms with Gasteiger partial charge < -0.3 is 9.73 Å². The highest BCUT2D eigenvalue weighted by Gasteiger charge is 2.27. The van der Waals surface area contributed by atoms with E-state index in [1.807, 2.05) is 6.07 Å². The maximum atomic E-state index is 5.61. The molecule has 3 heteroatoms. The van der Waals surface area contributed by atoms with E-state index in [1.54, 1.807) is 6.26 Å². The number of nitrogens with one attached hydrogen (secondary N) is 1. The number of rotatable bonds is 5. The van der Waals surface area contributed by atoms with Gasteiger partial charge in [0.1, 0.15) is 5.76 Å². The normalized spacial score (nSPS) is 23.8. The van der Waals surface area contributed by atoms with E-state index in [1.165, 1.54) is 45.2 Å². The molecule has 3 rings (SSSR count). The van der Waals surface area contributed by atoms with Gasteiger partial charge in [0, 0.05) is 12.6 Å². The van der Waals surface area contributed by atoms with Crippen LogP contribution in [0.15, 0.2) is 22.8 Å². The number of hydrogen-bond donors (Lipinski definition) is 1. The summed E-state index contributed by atoms with van der Waals surface area (Å²) in [5.41, 5.74) is 0. The molecule has 0 bridgehead atoms. The lowest BCUT2D eigenvalue weighted by molar-refractivity contribution is 0.194. The van der Waals surface area contributed by atoms with Crippen LogP contribution in [0.25, 0.3) is 0 Å². The van der Waals surface area contributed by atoms with Gasteiger partial charge in [-0.2, -0.15) is 0 Å². The van der Waals surface area contributed by atoms with Crippen LogP contribution in [0.3, 0.4) is 0 Å². The predicted molar refractivity (Wildman–Crippen MR) is 67.9 cm³/mol. The summed E-state index contributed by atoms with van der Waals surface area (Å²) in [7, 11) is 0. The summed E-state index contributed by atoms with van der Waals surface area (Å²) >= 11 is 0. The van der Waals surface area contributed by atoms with Gasteiger partial charge in [-0.1, -0.05) is 6.42 Å². The van der Waals surface area contributed by atoms with Crippen molar-refractivity contribution in [1.29, 1.82) is 0 Å². The quantitative estimate of drug-likeness (QED) is 0.848. The fourth-order valence-corrected chi connectivity index (χ4v) is 2.83. The maximum Gasteiger partial charge on any atom is 0.122 e. The van der Waals surface area contributed by atoms with Gasteiger partial charge >= 0.3 is 0 Å². The van der Waals surface area contributed by atoms with Crippen LogP contribution in [0.4, 0.5) is 0 Å². The van der Waals surface area contributed by atoms with Crippen molar-refractivity contribution in [2.24, 2.45) is 0 Å². The van der Waals surface area contributed by atoms with E-state index in [9.17, 15) is 0 Å². The minimum atomic E-state index is 0.438. The third-order valence-electron chi connectivity index (χ3n) is 4.16. The lowest BCUT2D eigenvalue weighted by Crippen LogP contribution is -2.41. The second-order valence-electron chi connectivity index (χ2n) is 5.31. The van der Waals surface area contributed by atoms with E-state index in [4.69, 9.17) is 4.42 Å². The molecule has 3 nitrogen and oxygen atoms in total. The molecule has 1 aromatic rings. The molecule has 1 N–H and O–H groups in total. The number of likely N-dealkylation sites (tertiary alicyclic amines) is 1. The SMILES string of the molecule is c1coc(C(CNC2CCC2)N2CCCC2)c1. The van der Waals surface area contributed by atoms with Crippen molar-refractivity contribution in [3.05, 3.63) is 24.2 Å². The lowest BCUT2D eigenvalue weighted by atomic mass is 9.93. The Hall–Kier alpha value is -0.800. The van der Waals surface area contributed by atoms with Crippen LogP contribution in [0.5, 0.6) is 0 Å². The van der Waals surface area contributed by atoms with Crippen molar-refractivity contribution in [2.75, 3.05) is 19.6 Å². The van der Waals surface area contributed by atoms with Gasteiger partial charge in [0.05, 0.1) is 12.3 Å². The molecule has 1 aromatic heterocycles. The summed E-state index contributed by atoms with van der Waals surface area (Å²) < 4.78 is 5.61. The fourth-order valence-electron chi connectivity index (χ4n) is 2.83. The zero-order chi connectivity index (χ0) is 11.5. The lowest BCUT2D eigenvalue weighted by Gasteiger charge is -2.31. The highest BCUT2D eigenvalue weighted by molar-refractivity contribution is 5.06. The monoisotopic (exact) mass is 234 g/mol. The predicted octanol–water partition coefficient (Wildman–Crippen LogP) is 2.56. The molecule has 1 saturated carbocycles. The smallest absolute Gasteiger partial charge is 0.122 e. The Bertz CT molecular complexity index is 326. The van der Waals surface area contributed by atoms with Gasteiger partial charge in [0.25, 0.3) is 0 Å². The van der Waals surface area contributed by atoms with E-state index in [-0.39, 0.29) is 0 Å². The molecule has 0 aromatic carbocycles. The van der Waals surface area contributed by atoms with E-state index < -0.39 is 0 Å². The zero-order valence-electron chi connectivity index (χ0n) is 10.4. The molecule has 0 radical (unpaired) electrons. The first-order valence-corrected chi connectivity index (χ1v) is 6.94. The van der Waals surface area contributed by atoms with Crippen LogP contribution < -0.4 is 5.32 Å². The highest BCUT2D eigenvalue weighted by atomic mass is 16.3. The molecular weight excluding hydrogens is 212 g/mol. The highest BCUT2D eigenvalue weighted by Crippen LogP contribution is 2.26. The molecule has 0 amide bonds. The summed E-state index contributed by atoms with van der Waals surface area (Å²) in [6, 6.07) is 5.32. The standard InChI is InChI=1S/C14H22N2O/c1-2-9-16(8-1)13(14-7-4-10-17-14)11-15-12-5-3-6-12/h4,7,10,12-13,15H,1-3,5-6,8-9,11H2. The van der Waals surface area contributed by atoms with Crippen LogP contribution in [0.2, 0.25) is 0 Å². The van der Waals surface area contributed by atoms with Gasteiger partial charge in [-0.25, -0.2) is 0 Å². The summed E-state index contributed by atoms with van der Waals surface area (Å²) in [6.07, 6.45) is 8.56. The maximum absolute atomic E-state index is 5.61. The third-order valence-corrected chi connectivity index (χ3v) is 4.16. The van der Waals surface area contributed by atoms with Crippen molar-refractivity contribution in [1.82, 2.24) is 10.2 Å². The number of hydrogen-bond acceptors (Lipinski definition) is 3. The minimum Gasteiger partial charge on any atom is -0.468 e. The van der Waals surface area contributed by atoms with Gasteiger partial charge in [-0.3, -0.25) is 4.90 Å². The van der Waals surface area contributed by atoms with Crippen molar-refractivity contribution in [2.45, 2.75) is 44.2 Å². The third kappa shape index (κ3) is 2.55. The molecule has 17 heavy (non-hydrogen) atoms. The summed E-state index contributed by atoms with van der Waals surface area (Å²) in [5, 5.41) is 3.68. The van der Waals surface area contributed by atoms with E-state index in [0.29, 0.717) is 6.04 Å². The molecule has 1 atom stereocenters. The minimum absolute atomic E-state index is 0.438. The first kappa shape index (κ1) is 11.3. The Balaban J connectivity index is 1.62. The first-order valence-electron chi connectivity index (χ1n) is 6.94. The van der Waals surface area contributed by atoms with E-state index >= 15 is 0 Å². The Morgan fingerprint density at radius 1 is 1.29 bits per heavy atom. The Morgan fingerprint density at radius 3 is 2.71 bits per heavy atom. The fraction of sp³-hybridized carbons (Fsp3) is 0.714. The van der Waals surface area contributed by atoms with Crippen molar-refractivity contribution < 1.29 is 4.42 Å². The molecular formula is C14H22N2O. The second-order valence-corrected chi connectivity index (χ2v) is 5.31. The Morgan fingerprint density at radius 2 is 2.12 bits per heavy atom. The molecule has 1 aliphatic carbocycles. The van der Waals surface area contributed by atoms with Crippen LogP contribution in [-0.4, -0.2) is 30.6 Å². The largest absolute Gasteiger partial charge is 0.468 e. The van der Waals surface area contributed by atoms with Crippen LogP contribution in [0, 0.1) is 0 Å². The van der Waals surface area contributed by atoms with Gasteiger partial charge in [-0.05, 0) is 50.9 Å². The van der Waals surface area contributed by atoms with Crippen LogP contribution >= 0.6 is 0 Å². The van der Waals surface area contributed by atoms with Gasteiger partial charge in [0.2, 0.25) is 0 Å². The summed E-state index contributed by atoms with van der Waals surface area (Å²) in [6.45, 7) is 3.48. The number of nitrogens with zero attached hydrogens (tertiary/aromatic N) is 1. The Kier molecular flexibility index (Phi) is 3.48. The average Bonchev–Trinajstić information content (AvgIpc) is 2.94. The van der Waals surface area contributed by atoms with Crippen molar-refractivity contribution in [3.63, 3.8) is 0 Å². The molecule has 2 fully saturated rings. The van der Waals surface area contributed by atoms with Gasteiger partial charge in [0.15, 0.2) is 0 Å².